The molecule has 0 aliphatic carbocycles. The Balaban J connectivity index is 2.08. The summed E-state index contributed by atoms with van der Waals surface area (Å²) in [4.78, 5) is 25.1. The number of amides is 1. The number of carboxylic acid groups (broad SMARTS) is 1. The zero-order valence-electron chi connectivity index (χ0n) is 14.2. The van der Waals surface area contributed by atoms with E-state index >= 15 is 0 Å². The Bertz CT molecular complexity index is 766. The molecule has 0 bridgehead atoms. The van der Waals surface area contributed by atoms with E-state index in [1.165, 1.54) is 11.3 Å². The summed E-state index contributed by atoms with van der Waals surface area (Å²) in [6, 6.07) is 10.2. The van der Waals surface area contributed by atoms with E-state index in [2.05, 4.69) is 5.32 Å². The third-order valence-corrected chi connectivity index (χ3v) is 4.56. The normalized spacial score (nSPS) is 12.5. The molecular formula is C18H20ClNO4S. The van der Waals surface area contributed by atoms with Gasteiger partial charge in [0.2, 0.25) is 0 Å². The average molecular weight is 382 g/mol. The van der Waals surface area contributed by atoms with Crippen molar-refractivity contribution in [2.75, 3.05) is 0 Å². The van der Waals surface area contributed by atoms with Crippen molar-refractivity contribution in [3.8, 4) is 10.4 Å². The molecule has 2 aromatic rings. The number of nitrogens with one attached hydrogen (secondary N) is 1. The summed E-state index contributed by atoms with van der Waals surface area (Å²) < 4.78 is 5.12. The number of halogens is 1. The van der Waals surface area contributed by atoms with E-state index in [0.29, 0.717) is 5.02 Å². The first-order chi connectivity index (χ1) is 11.6. The van der Waals surface area contributed by atoms with E-state index in [4.69, 9.17) is 16.3 Å². The molecule has 0 spiro atoms. The zero-order valence-corrected chi connectivity index (χ0v) is 15.8. The van der Waals surface area contributed by atoms with Crippen LogP contribution in [0.1, 0.15) is 25.6 Å². The van der Waals surface area contributed by atoms with Crippen LogP contribution in [0.2, 0.25) is 5.02 Å². The number of hydrogen-bond donors (Lipinski definition) is 2. The number of aliphatic carboxylic acids is 1. The number of ether oxygens (including phenoxy) is 1. The zero-order chi connectivity index (χ0) is 18.6. The van der Waals surface area contributed by atoms with Gasteiger partial charge in [-0.25, -0.2) is 9.59 Å². The lowest BCUT2D eigenvalue weighted by Gasteiger charge is -2.21. The van der Waals surface area contributed by atoms with Gasteiger partial charge < -0.3 is 15.2 Å². The van der Waals surface area contributed by atoms with Crippen LogP contribution in [0.5, 0.6) is 0 Å². The number of alkyl carbamates (subject to hydrolysis) is 1. The molecule has 7 heteroatoms. The smallest absolute Gasteiger partial charge is 0.408 e. The van der Waals surface area contributed by atoms with Crippen LogP contribution in [-0.4, -0.2) is 28.8 Å². The van der Waals surface area contributed by atoms with Crippen molar-refractivity contribution in [2.24, 2.45) is 0 Å². The molecule has 0 aliphatic heterocycles. The van der Waals surface area contributed by atoms with Crippen LogP contribution in [-0.2, 0) is 16.0 Å². The Kier molecular flexibility index (Phi) is 6.08. The third kappa shape index (κ3) is 6.07. The molecule has 134 valence electrons. The van der Waals surface area contributed by atoms with Crippen molar-refractivity contribution in [1.82, 2.24) is 5.32 Å². The second-order valence-electron chi connectivity index (χ2n) is 6.52. The van der Waals surface area contributed by atoms with E-state index in [9.17, 15) is 14.7 Å². The molecule has 1 heterocycles. The molecule has 0 radical (unpaired) electrons. The Hall–Kier alpha value is -2.05. The van der Waals surface area contributed by atoms with Crippen LogP contribution in [0.4, 0.5) is 4.79 Å². The second-order valence-corrected chi connectivity index (χ2v) is 8.12. The highest BCUT2D eigenvalue weighted by Crippen LogP contribution is 2.30. The fourth-order valence-corrected chi connectivity index (χ4v) is 3.38. The standard InChI is InChI=1S/C18H20ClNO4S/c1-18(2,3)24-17(23)20-14(16(21)22)10-13-7-8-15(25-13)11-5-4-6-12(19)9-11/h4-9,14H,10H2,1-3H3,(H,20,23)(H,21,22). The topological polar surface area (TPSA) is 75.6 Å². The second kappa shape index (κ2) is 7.89. The first-order valence-electron chi connectivity index (χ1n) is 7.71. The number of thiophene rings is 1. The van der Waals surface area contributed by atoms with Gasteiger partial charge in [0.25, 0.3) is 0 Å². The van der Waals surface area contributed by atoms with Gasteiger partial charge in [0.05, 0.1) is 0 Å². The van der Waals surface area contributed by atoms with Crippen LogP contribution in [0.25, 0.3) is 10.4 Å². The van der Waals surface area contributed by atoms with E-state index in [1.807, 2.05) is 30.3 Å². The van der Waals surface area contributed by atoms with E-state index < -0.39 is 23.7 Å². The molecule has 1 atom stereocenters. The monoisotopic (exact) mass is 381 g/mol. The van der Waals surface area contributed by atoms with Crippen molar-refractivity contribution in [3.05, 3.63) is 46.3 Å². The van der Waals surface area contributed by atoms with Crippen molar-refractivity contribution in [1.29, 1.82) is 0 Å². The molecule has 2 N–H and O–H groups in total. The number of carboxylic acids is 1. The molecule has 2 rings (SSSR count). The predicted octanol–water partition coefficient (Wildman–Crippen LogP) is 4.59. The van der Waals surface area contributed by atoms with Crippen molar-refractivity contribution < 1.29 is 19.4 Å². The van der Waals surface area contributed by atoms with E-state index in [0.717, 1.165) is 15.3 Å². The molecule has 1 unspecified atom stereocenters. The highest BCUT2D eigenvalue weighted by atomic mass is 35.5. The Morgan fingerprint density at radius 2 is 2.00 bits per heavy atom. The summed E-state index contributed by atoms with van der Waals surface area (Å²) in [5, 5.41) is 12.4. The molecule has 1 aromatic carbocycles. The van der Waals surface area contributed by atoms with Gasteiger partial charge in [-0.3, -0.25) is 0 Å². The van der Waals surface area contributed by atoms with Crippen LogP contribution in [0, 0.1) is 0 Å². The van der Waals surface area contributed by atoms with E-state index in [-0.39, 0.29) is 6.42 Å². The highest BCUT2D eigenvalue weighted by Gasteiger charge is 2.24. The molecule has 1 amide bonds. The Labute approximate surface area is 155 Å². The minimum Gasteiger partial charge on any atom is -0.480 e. The van der Waals surface area contributed by atoms with Crippen molar-refractivity contribution in [2.45, 2.75) is 38.8 Å². The maximum Gasteiger partial charge on any atom is 0.408 e. The minimum atomic E-state index is -1.11. The van der Waals surface area contributed by atoms with Gasteiger partial charge in [0, 0.05) is 21.2 Å². The van der Waals surface area contributed by atoms with Gasteiger partial charge in [-0.2, -0.15) is 0 Å². The number of carbonyl (C=O) groups is 2. The molecule has 0 fully saturated rings. The van der Waals surface area contributed by atoms with Crippen LogP contribution in [0.3, 0.4) is 0 Å². The van der Waals surface area contributed by atoms with Crippen LogP contribution < -0.4 is 5.32 Å². The fraction of sp³-hybridized carbons (Fsp3) is 0.333. The molecule has 0 aliphatic rings. The Morgan fingerprint density at radius 1 is 1.28 bits per heavy atom. The Morgan fingerprint density at radius 3 is 2.60 bits per heavy atom. The summed E-state index contributed by atoms with van der Waals surface area (Å²) in [7, 11) is 0. The number of hydrogen-bond acceptors (Lipinski definition) is 4. The van der Waals surface area contributed by atoms with Gasteiger partial charge in [0.1, 0.15) is 11.6 Å². The summed E-state index contributed by atoms with van der Waals surface area (Å²) in [6.45, 7) is 5.16. The van der Waals surface area contributed by atoms with Gasteiger partial charge in [-0.15, -0.1) is 11.3 Å². The molecule has 5 nitrogen and oxygen atoms in total. The van der Waals surface area contributed by atoms with Crippen LogP contribution in [0.15, 0.2) is 36.4 Å². The number of benzene rings is 1. The number of rotatable bonds is 5. The van der Waals surface area contributed by atoms with Crippen LogP contribution >= 0.6 is 22.9 Å². The predicted molar refractivity (Wildman–Crippen MR) is 99.3 cm³/mol. The lowest BCUT2D eigenvalue weighted by atomic mass is 10.1. The maximum absolute atomic E-state index is 11.8. The fourth-order valence-electron chi connectivity index (χ4n) is 2.14. The molecule has 0 saturated carbocycles. The highest BCUT2D eigenvalue weighted by molar-refractivity contribution is 7.15. The maximum atomic E-state index is 11.8. The summed E-state index contributed by atoms with van der Waals surface area (Å²) in [6.07, 6.45) is -0.564. The van der Waals surface area contributed by atoms with Crippen molar-refractivity contribution in [3.63, 3.8) is 0 Å². The molecule has 25 heavy (non-hydrogen) atoms. The van der Waals surface area contributed by atoms with E-state index in [1.54, 1.807) is 26.8 Å². The average Bonchev–Trinajstić information content (AvgIpc) is 2.93. The van der Waals surface area contributed by atoms with Gasteiger partial charge in [0.15, 0.2) is 0 Å². The summed E-state index contributed by atoms with van der Waals surface area (Å²) in [5.74, 6) is -1.11. The minimum absolute atomic E-state index is 0.180. The molecule has 1 aromatic heterocycles. The summed E-state index contributed by atoms with van der Waals surface area (Å²) in [5.41, 5.74) is 0.284. The largest absolute Gasteiger partial charge is 0.480 e. The first-order valence-corrected chi connectivity index (χ1v) is 8.90. The van der Waals surface area contributed by atoms with Gasteiger partial charge in [-0.05, 0) is 50.6 Å². The SMILES string of the molecule is CC(C)(C)OC(=O)NC(Cc1ccc(-c2cccc(Cl)c2)s1)C(=O)O. The first kappa shape index (κ1) is 19.3. The lowest BCUT2D eigenvalue weighted by Crippen LogP contribution is -2.44. The van der Waals surface area contributed by atoms with Crippen molar-refractivity contribution >= 4 is 35.0 Å². The molecule has 0 saturated heterocycles. The van der Waals surface area contributed by atoms with Gasteiger partial charge >= 0.3 is 12.1 Å². The number of carbonyl (C=O) groups excluding carboxylic acids is 1. The lowest BCUT2D eigenvalue weighted by molar-refractivity contribution is -0.139. The summed E-state index contributed by atoms with van der Waals surface area (Å²) >= 11 is 7.47. The molecular weight excluding hydrogens is 362 g/mol. The quantitative estimate of drug-likeness (QED) is 0.794. The third-order valence-electron chi connectivity index (χ3n) is 3.17. The van der Waals surface area contributed by atoms with Gasteiger partial charge in [-0.1, -0.05) is 23.7 Å².